The average Bonchev–Trinajstić information content (AvgIpc) is 3.24. The van der Waals surface area contributed by atoms with Gasteiger partial charge < -0.3 is 4.74 Å². The molecule has 1 aliphatic heterocycles. The fourth-order valence-electron chi connectivity index (χ4n) is 3.51. The molecule has 0 radical (unpaired) electrons. The number of aromatic nitrogens is 2. The van der Waals surface area contributed by atoms with Crippen molar-refractivity contribution in [2.75, 3.05) is 6.61 Å². The lowest BCUT2D eigenvalue weighted by molar-refractivity contribution is -0.384. The number of nitro benzene ring substituents is 1. The third kappa shape index (κ3) is 4.18. The number of thioether (sulfide) groups is 1. The standard InChI is InChI=1S/C21H21N3O4S/c1-14(15-6-4-7-16(12-15)24(26)27)29-21-22-19-10-3-2-9-18(19)20(25)23(21)13-17-8-5-11-28-17/h2-4,6-7,9-10,12,14,17H,5,8,11,13H2,1H3. The maximum absolute atomic E-state index is 13.2. The van der Waals surface area contributed by atoms with Crippen molar-refractivity contribution in [2.24, 2.45) is 0 Å². The topological polar surface area (TPSA) is 87.3 Å². The molecule has 2 aromatic carbocycles. The Hall–Kier alpha value is -2.71. The van der Waals surface area contributed by atoms with Crippen LogP contribution in [0.3, 0.4) is 0 Å². The van der Waals surface area contributed by atoms with Gasteiger partial charge in [0.15, 0.2) is 5.16 Å². The van der Waals surface area contributed by atoms with Gasteiger partial charge in [-0.2, -0.15) is 0 Å². The molecular weight excluding hydrogens is 390 g/mol. The number of hydrogen-bond acceptors (Lipinski definition) is 6. The van der Waals surface area contributed by atoms with Crippen molar-refractivity contribution in [1.82, 2.24) is 9.55 Å². The highest BCUT2D eigenvalue weighted by Gasteiger charge is 2.22. The van der Waals surface area contributed by atoms with Crippen LogP contribution in [0.2, 0.25) is 0 Å². The maximum atomic E-state index is 13.2. The highest BCUT2D eigenvalue weighted by molar-refractivity contribution is 7.99. The van der Waals surface area contributed by atoms with E-state index in [2.05, 4.69) is 0 Å². The van der Waals surface area contributed by atoms with Crippen molar-refractivity contribution in [3.8, 4) is 0 Å². The quantitative estimate of drug-likeness (QED) is 0.260. The molecule has 1 fully saturated rings. The van der Waals surface area contributed by atoms with E-state index < -0.39 is 4.92 Å². The van der Waals surface area contributed by atoms with Gasteiger partial charge in [0.1, 0.15) is 0 Å². The number of nitro groups is 1. The smallest absolute Gasteiger partial charge is 0.269 e. The number of ether oxygens (including phenoxy) is 1. The Bertz CT molecular complexity index is 1110. The third-order valence-electron chi connectivity index (χ3n) is 5.07. The maximum Gasteiger partial charge on any atom is 0.269 e. The van der Waals surface area contributed by atoms with Crippen LogP contribution in [0.25, 0.3) is 10.9 Å². The molecule has 2 unspecified atom stereocenters. The summed E-state index contributed by atoms with van der Waals surface area (Å²) in [6, 6.07) is 13.9. The van der Waals surface area contributed by atoms with E-state index in [-0.39, 0.29) is 22.6 Å². The van der Waals surface area contributed by atoms with E-state index in [4.69, 9.17) is 9.72 Å². The minimum atomic E-state index is -0.400. The minimum absolute atomic E-state index is 0.00290. The Balaban J connectivity index is 1.72. The zero-order valence-corrected chi connectivity index (χ0v) is 16.8. The lowest BCUT2D eigenvalue weighted by atomic mass is 10.1. The van der Waals surface area contributed by atoms with E-state index in [0.29, 0.717) is 29.2 Å². The van der Waals surface area contributed by atoms with Crippen LogP contribution in [-0.4, -0.2) is 27.2 Å². The van der Waals surface area contributed by atoms with Crippen LogP contribution in [-0.2, 0) is 11.3 Å². The van der Waals surface area contributed by atoms with Crippen molar-refractivity contribution < 1.29 is 9.66 Å². The predicted octanol–water partition coefficient (Wildman–Crippen LogP) is 4.34. The zero-order valence-electron chi connectivity index (χ0n) is 16.0. The number of rotatable bonds is 6. The van der Waals surface area contributed by atoms with Crippen molar-refractivity contribution in [2.45, 2.75) is 42.8 Å². The van der Waals surface area contributed by atoms with Crippen molar-refractivity contribution in [1.29, 1.82) is 0 Å². The van der Waals surface area contributed by atoms with Gasteiger partial charge in [-0.3, -0.25) is 19.5 Å². The number of fused-ring (bicyclic) bond motifs is 1. The lowest BCUT2D eigenvalue weighted by Gasteiger charge is -2.18. The molecule has 150 valence electrons. The first-order chi connectivity index (χ1) is 14.0. The van der Waals surface area contributed by atoms with Gasteiger partial charge in [0.2, 0.25) is 0 Å². The van der Waals surface area contributed by atoms with Gasteiger partial charge >= 0.3 is 0 Å². The molecular formula is C21H21N3O4S. The van der Waals surface area contributed by atoms with Crippen LogP contribution in [0, 0.1) is 10.1 Å². The van der Waals surface area contributed by atoms with Crippen LogP contribution in [0.1, 0.15) is 30.6 Å². The summed E-state index contributed by atoms with van der Waals surface area (Å²) in [4.78, 5) is 28.6. The van der Waals surface area contributed by atoms with Crippen LogP contribution in [0.5, 0.6) is 0 Å². The summed E-state index contributed by atoms with van der Waals surface area (Å²) in [7, 11) is 0. The molecule has 3 aromatic rings. The van der Waals surface area contributed by atoms with E-state index in [1.54, 1.807) is 22.8 Å². The van der Waals surface area contributed by atoms with Crippen molar-refractivity contribution >= 4 is 28.4 Å². The number of nitrogens with zero attached hydrogens (tertiary/aromatic N) is 3. The van der Waals surface area contributed by atoms with Gasteiger partial charge in [0, 0.05) is 24.0 Å². The van der Waals surface area contributed by atoms with E-state index in [1.165, 1.54) is 17.8 Å². The van der Waals surface area contributed by atoms with E-state index in [9.17, 15) is 14.9 Å². The molecule has 0 spiro atoms. The molecule has 0 saturated carbocycles. The monoisotopic (exact) mass is 411 g/mol. The third-order valence-corrected chi connectivity index (χ3v) is 6.22. The number of benzene rings is 2. The first-order valence-corrected chi connectivity index (χ1v) is 10.4. The van der Waals surface area contributed by atoms with Gasteiger partial charge in [-0.05, 0) is 37.5 Å². The minimum Gasteiger partial charge on any atom is -0.376 e. The summed E-state index contributed by atoms with van der Waals surface area (Å²) >= 11 is 1.43. The van der Waals surface area contributed by atoms with Crippen LogP contribution in [0.4, 0.5) is 5.69 Å². The summed E-state index contributed by atoms with van der Waals surface area (Å²) < 4.78 is 7.43. The molecule has 2 heterocycles. The van der Waals surface area contributed by atoms with Crippen molar-refractivity contribution in [3.63, 3.8) is 0 Å². The lowest BCUT2D eigenvalue weighted by Crippen LogP contribution is -2.29. The highest BCUT2D eigenvalue weighted by atomic mass is 32.2. The molecule has 1 saturated heterocycles. The Morgan fingerprint density at radius 3 is 2.90 bits per heavy atom. The largest absolute Gasteiger partial charge is 0.376 e. The Morgan fingerprint density at radius 2 is 2.14 bits per heavy atom. The summed E-state index contributed by atoms with van der Waals surface area (Å²) in [6.45, 7) is 3.13. The second kappa shape index (κ2) is 8.34. The van der Waals surface area contributed by atoms with Crippen LogP contribution in [0.15, 0.2) is 58.5 Å². The summed E-state index contributed by atoms with van der Waals surface area (Å²) in [6.07, 6.45) is 1.92. The molecule has 0 bridgehead atoms. The molecule has 0 N–H and O–H groups in total. The number of non-ortho nitro benzene ring substituents is 1. The molecule has 4 rings (SSSR count). The van der Waals surface area contributed by atoms with Gasteiger partial charge in [-0.1, -0.05) is 36.0 Å². The molecule has 0 amide bonds. The molecule has 1 aliphatic rings. The summed E-state index contributed by atoms with van der Waals surface area (Å²) in [5, 5.41) is 12.2. The van der Waals surface area contributed by atoms with Gasteiger partial charge in [-0.25, -0.2) is 4.98 Å². The van der Waals surface area contributed by atoms with Gasteiger partial charge in [-0.15, -0.1) is 0 Å². The first-order valence-electron chi connectivity index (χ1n) is 9.55. The molecule has 29 heavy (non-hydrogen) atoms. The second-order valence-corrected chi connectivity index (χ2v) is 8.38. The number of para-hydroxylation sites is 1. The van der Waals surface area contributed by atoms with Gasteiger partial charge in [0.25, 0.3) is 11.2 Å². The fourth-order valence-corrected chi connectivity index (χ4v) is 4.54. The zero-order chi connectivity index (χ0) is 20.4. The van der Waals surface area contributed by atoms with Crippen molar-refractivity contribution in [3.05, 3.63) is 74.6 Å². The Morgan fingerprint density at radius 1 is 1.31 bits per heavy atom. The Kier molecular flexibility index (Phi) is 5.64. The van der Waals surface area contributed by atoms with Crippen LogP contribution >= 0.6 is 11.8 Å². The number of hydrogen-bond donors (Lipinski definition) is 0. The highest BCUT2D eigenvalue weighted by Crippen LogP contribution is 2.35. The fraction of sp³-hybridized carbons (Fsp3) is 0.333. The van der Waals surface area contributed by atoms with E-state index in [0.717, 1.165) is 18.4 Å². The SMILES string of the molecule is CC(Sc1nc2ccccc2c(=O)n1CC1CCCO1)c1cccc([N+](=O)[O-])c1. The second-order valence-electron chi connectivity index (χ2n) is 7.07. The molecule has 8 heteroatoms. The summed E-state index contributed by atoms with van der Waals surface area (Å²) in [5.74, 6) is 0. The molecule has 0 aliphatic carbocycles. The first kappa shape index (κ1) is 19.6. The normalized spacial score (nSPS) is 17.5. The van der Waals surface area contributed by atoms with E-state index in [1.807, 2.05) is 31.2 Å². The predicted molar refractivity (Wildman–Crippen MR) is 112 cm³/mol. The Labute approximate surface area is 171 Å². The average molecular weight is 411 g/mol. The molecule has 7 nitrogen and oxygen atoms in total. The molecule has 2 atom stereocenters. The van der Waals surface area contributed by atoms with Gasteiger partial charge in [0.05, 0.1) is 28.5 Å². The molecule has 1 aromatic heterocycles. The summed E-state index contributed by atoms with van der Waals surface area (Å²) in [5.41, 5.74) is 1.43. The van der Waals surface area contributed by atoms with E-state index >= 15 is 0 Å². The van der Waals surface area contributed by atoms with Crippen LogP contribution < -0.4 is 5.56 Å².